The molecule has 16 heavy (non-hydrogen) atoms. The highest BCUT2D eigenvalue weighted by Crippen LogP contribution is 2.10. The first-order chi connectivity index (χ1) is 7.61. The van der Waals surface area contributed by atoms with Crippen LogP contribution in [0.15, 0.2) is 0 Å². The largest absolute Gasteiger partial charge is 0.467 e. The molecule has 0 unspecified atom stereocenters. The number of carbonyl (C=O) groups excluding carboxylic acids is 1. The van der Waals surface area contributed by atoms with E-state index in [1.54, 1.807) is 0 Å². The maximum absolute atomic E-state index is 10.3. The third kappa shape index (κ3) is 4.13. The molecule has 1 heterocycles. The van der Waals surface area contributed by atoms with Gasteiger partial charge in [-0.3, -0.25) is 0 Å². The maximum atomic E-state index is 10.3. The van der Waals surface area contributed by atoms with Crippen LogP contribution in [0.3, 0.4) is 0 Å². The molecule has 0 radical (unpaired) electrons. The topological polar surface area (TPSA) is 112 Å². The first-order valence-corrected chi connectivity index (χ1v) is 4.61. The fourth-order valence-corrected chi connectivity index (χ4v) is 0.969. The third-order valence-electron chi connectivity index (χ3n) is 1.40. The molecule has 1 aromatic rings. The van der Waals surface area contributed by atoms with Crippen molar-refractivity contribution in [3.63, 3.8) is 0 Å². The van der Waals surface area contributed by atoms with Gasteiger partial charge in [0.25, 0.3) is 0 Å². The van der Waals surface area contributed by atoms with Gasteiger partial charge in [-0.25, -0.2) is 4.79 Å². The summed E-state index contributed by atoms with van der Waals surface area (Å²) in [7, 11) is 1.41. The van der Waals surface area contributed by atoms with Gasteiger partial charge >= 0.3 is 12.1 Å². The smallest absolute Gasteiger partial charge is 0.404 e. The Hall–Kier alpha value is -1.83. The number of nitrogens with two attached hydrogens (primary N) is 1. The molecule has 0 aliphatic heterocycles. The summed E-state index contributed by atoms with van der Waals surface area (Å²) in [6.07, 6.45) is -0.840. The number of rotatable bonds is 5. The molecule has 0 aliphatic rings. The molecule has 8 nitrogen and oxygen atoms in total. The summed E-state index contributed by atoms with van der Waals surface area (Å²) < 4.78 is 9.28. The quantitative estimate of drug-likeness (QED) is 0.707. The van der Waals surface area contributed by atoms with Gasteiger partial charge in [-0.2, -0.15) is 15.0 Å². The lowest BCUT2D eigenvalue weighted by Gasteiger charge is -2.05. The van der Waals surface area contributed by atoms with Crippen LogP contribution in [0.4, 0.5) is 10.7 Å². The average molecular weight is 248 g/mol. The highest BCUT2D eigenvalue weighted by Gasteiger charge is 2.04. The van der Waals surface area contributed by atoms with Crippen LogP contribution in [0.1, 0.15) is 0 Å². The number of hydrogen-bond acceptors (Lipinski definition) is 7. The van der Waals surface area contributed by atoms with E-state index in [9.17, 15) is 4.79 Å². The molecule has 9 heteroatoms. The van der Waals surface area contributed by atoms with E-state index in [1.165, 1.54) is 7.11 Å². The van der Waals surface area contributed by atoms with Crippen LogP contribution in [0.25, 0.3) is 0 Å². The minimum Gasteiger partial charge on any atom is -0.467 e. The summed E-state index contributed by atoms with van der Waals surface area (Å²) in [5.41, 5.74) is 4.77. The van der Waals surface area contributed by atoms with Crippen molar-refractivity contribution < 1.29 is 14.3 Å². The van der Waals surface area contributed by atoms with Crippen molar-refractivity contribution >= 4 is 23.6 Å². The van der Waals surface area contributed by atoms with Crippen molar-refractivity contribution in [2.45, 2.75) is 0 Å². The van der Waals surface area contributed by atoms with Crippen LogP contribution < -0.4 is 15.8 Å². The van der Waals surface area contributed by atoms with Crippen molar-refractivity contribution in [1.82, 2.24) is 15.0 Å². The van der Waals surface area contributed by atoms with Gasteiger partial charge in [0.2, 0.25) is 11.2 Å². The minimum absolute atomic E-state index is 0.00479. The molecule has 0 saturated heterocycles. The van der Waals surface area contributed by atoms with E-state index in [0.29, 0.717) is 6.54 Å². The Bertz CT molecular complexity index is 375. The van der Waals surface area contributed by atoms with Gasteiger partial charge in [-0.05, 0) is 11.6 Å². The van der Waals surface area contributed by atoms with E-state index < -0.39 is 6.09 Å². The summed E-state index contributed by atoms with van der Waals surface area (Å²) in [5.74, 6) is 0.227. The van der Waals surface area contributed by atoms with Gasteiger partial charge in [-0.1, -0.05) is 0 Å². The lowest BCUT2D eigenvalue weighted by Crippen LogP contribution is -2.19. The number of amides is 1. The Morgan fingerprint density at radius 2 is 2.25 bits per heavy atom. The predicted molar refractivity (Wildman–Crippen MR) is 55.4 cm³/mol. The number of nitrogens with one attached hydrogen (secondary N) is 1. The number of anilines is 1. The van der Waals surface area contributed by atoms with Crippen LogP contribution in [0, 0.1) is 0 Å². The number of nitrogens with zero attached hydrogens (tertiary/aromatic N) is 3. The lowest BCUT2D eigenvalue weighted by atomic mass is 10.7. The first kappa shape index (κ1) is 12.2. The standard InChI is InChI=1S/C7H10ClN5O3/c1-15-7-12-4(8)11-6(13-7)10-2-3-16-5(9)14/h2-3H2,1H3,(H2,9,14)(H,10,11,12,13). The van der Waals surface area contributed by atoms with Crippen molar-refractivity contribution in [3.05, 3.63) is 5.28 Å². The van der Waals surface area contributed by atoms with Gasteiger partial charge < -0.3 is 20.5 Å². The lowest BCUT2D eigenvalue weighted by molar-refractivity contribution is 0.161. The van der Waals surface area contributed by atoms with Crippen LogP contribution in [-0.2, 0) is 4.74 Å². The molecular formula is C7H10ClN5O3. The normalized spacial score (nSPS) is 9.62. The van der Waals surface area contributed by atoms with Crippen molar-refractivity contribution in [3.8, 4) is 6.01 Å². The predicted octanol–water partition coefficient (Wildman–Crippen LogP) is 0.0408. The zero-order chi connectivity index (χ0) is 12.0. The Balaban J connectivity index is 2.47. The van der Waals surface area contributed by atoms with E-state index in [4.69, 9.17) is 22.1 Å². The molecule has 1 rings (SSSR count). The van der Waals surface area contributed by atoms with E-state index in [1.807, 2.05) is 0 Å². The Kier molecular flexibility index (Phi) is 4.52. The van der Waals surface area contributed by atoms with Gasteiger partial charge in [-0.15, -0.1) is 0 Å². The van der Waals surface area contributed by atoms with Crippen LogP contribution in [0.2, 0.25) is 5.28 Å². The molecule has 0 spiro atoms. The van der Waals surface area contributed by atoms with E-state index >= 15 is 0 Å². The molecule has 88 valence electrons. The minimum atomic E-state index is -0.840. The zero-order valence-electron chi connectivity index (χ0n) is 8.44. The molecule has 1 aromatic heterocycles. The Morgan fingerprint density at radius 1 is 1.50 bits per heavy atom. The number of hydrogen-bond donors (Lipinski definition) is 2. The average Bonchev–Trinajstić information content (AvgIpc) is 2.23. The third-order valence-corrected chi connectivity index (χ3v) is 1.57. The number of ether oxygens (including phenoxy) is 2. The van der Waals surface area contributed by atoms with Gasteiger partial charge in [0.15, 0.2) is 0 Å². The monoisotopic (exact) mass is 247 g/mol. The zero-order valence-corrected chi connectivity index (χ0v) is 9.19. The fourth-order valence-electron chi connectivity index (χ4n) is 0.817. The summed E-state index contributed by atoms with van der Waals surface area (Å²) in [5, 5.41) is 2.76. The van der Waals surface area contributed by atoms with Crippen LogP contribution in [-0.4, -0.2) is 41.3 Å². The summed E-state index contributed by atoms with van der Waals surface area (Å²) in [4.78, 5) is 21.6. The van der Waals surface area contributed by atoms with Gasteiger partial charge in [0.1, 0.15) is 6.61 Å². The molecule has 0 atom stereocenters. The second-order valence-corrected chi connectivity index (χ2v) is 2.85. The Morgan fingerprint density at radius 3 is 2.88 bits per heavy atom. The van der Waals surface area contributed by atoms with E-state index in [2.05, 4.69) is 25.0 Å². The number of methoxy groups -OCH3 is 1. The molecular weight excluding hydrogens is 238 g/mol. The first-order valence-electron chi connectivity index (χ1n) is 4.23. The molecule has 1 amide bonds. The molecule has 0 saturated carbocycles. The second kappa shape index (κ2) is 5.91. The SMILES string of the molecule is COc1nc(Cl)nc(NCCOC(N)=O)n1. The van der Waals surface area contributed by atoms with Gasteiger partial charge in [0.05, 0.1) is 13.7 Å². The molecule has 3 N–H and O–H groups in total. The maximum Gasteiger partial charge on any atom is 0.404 e. The molecule has 0 bridgehead atoms. The van der Waals surface area contributed by atoms with E-state index in [-0.39, 0.29) is 23.8 Å². The van der Waals surface area contributed by atoms with Crippen LogP contribution >= 0.6 is 11.6 Å². The molecule has 0 aromatic carbocycles. The summed E-state index contributed by atoms with van der Waals surface area (Å²) in [6, 6.07) is 0.0957. The van der Waals surface area contributed by atoms with Crippen molar-refractivity contribution in [1.29, 1.82) is 0 Å². The van der Waals surface area contributed by atoms with Crippen molar-refractivity contribution in [2.24, 2.45) is 5.73 Å². The summed E-state index contributed by atoms with van der Waals surface area (Å²) in [6.45, 7) is 0.396. The molecule has 0 fully saturated rings. The summed E-state index contributed by atoms with van der Waals surface area (Å²) >= 11 is 5.60. The molecule has 0 aliphatic carbocycles. The number of primary amides is 1. The highest BCUT2D eigenvalue weighted by molar-refractivity contribution is 6.28. The fraction of sp³-hybridized carbons (Fsp3) is 0.429. The Labute approximate surface area is 96.1 Å². The number of halogens is 1. The van der Waals surface area contributed by atoms with Crippen molar-refractivity contribution in [2.75, 3.05) is 25.6 Å². The van der Waals surface area contributed by atoms with Crippen LogP contribution in [0.5, 0.6) is 6.01 Å². The van der Waals surface area contributed by atoms with E-state index in [0.717, 1.165) is 0 Å². The number of aromatic nitrogens is 3. The van der Waals surface area contributed by atoms with Gasteiger partial charge in [0, 0.05) is 0 Å². The second-order valence-electron chi connectivity index (χ2n) is 2.51. The highest BCUT2D eigenvalue weighted by atomic mass is 35.5. The number of carbonyl (C=O) groups is 1.